The van der Waals surface area contributed by atoms with Crippen molar-refractivity contribution < 1.29 is 9.90 Å². The van der Waals surface area contributed by atoms with Crippen LogP contribution in [0.5, 0.6) is 0 Å². The van der Waals surface area contributed by atoms with Crippen LogP contribution in [0.3, 0.4) is 0 Å². The van der Waals surface area contributed by atoms with Crippen LogP contribution in [0.2, 0.25) is 0 Å². The smallest absolute Gasteiger partial charge is 0.339 e. The Bertz CT molecular complexity index is 588. The van der Waals surface area contributed by atoms with Crippen LogP contribution in [0.25, 0.3) is 0 Å². The number of carboxylic acids is 1. The first-order valence-electron chi connectivity index (χ1n) is 5.82. The summed E-state index contributed by atoms with van der Waals surface area (Å²) in [6, 6.07) is -0.0379. The number of aromatic carboxylic acids is 1. The molecule has 102 valence electrons. The summed E-state index contributed by atoms with van der Waals surface area (Å²) in [6.07, 6.45) is 2.98. The molecule has 8 nitrogen and oxygen atoms in total. The van der Waals surface area contributed by atoms with Gasteiger partial charge in [-0.15, -0.1) is 10.2 Å². The van der Waals surface area contributed by atoms with Gasteiger partial charge in [0.05, 0.1) is 17.9 Å². The molecule has 19 heavy (non-hydrogen) atoms. The van der Waals surface area contributed by atoms with Gasteiger partial charge in [0.25, 0.3) is 0 Å². The van der Waals surface area contributed by atoms with Crippen LogP contribution in [0.1, 0.15) is 34.8 Å². The van der Waals surface area contributed by atoms with Crippen LogP contribution >= 0.6 is 0 Å². The topological polar surface area (TPSA) is 97.9 Å². The molecular weight excluding hydrogens is 248 g/mol. The van der Waals surface area contributed by atoms with Gasteiger partial charge in [-0.3, -0.25) is 4.68 Å². The second kappa shape index (κ2) is 5.19. The van der Waals surface area contributed by atoms with Crippen LogP contribution in [0.15, 0.2) is 12.5 Å². The van der Waals surface area contributed by atoms with E-state index in [-0.39, 0.29) is 11.6 Å². The molecule has 0 aliphatic heterocycles. The van der Waals surface area contributed by atoms with E-state index in [9.17, 15) is 4.79 Å². The van der Waals surface area contributed by atoms with Crippen molar-refractivity contribution in [3.8, 4) is 0 Å². The van der Waals surface area contributed by atoms with Crippen LogP contribution < -0.4 is 5.32 Å². The quantitative estimate of drug-likeness (QED) is 0.794. The Morgan fingerprint density at radius 2 is 2.26 bits per heavy atom. The minimum atomic E-state index is -0.976. The molecule has 0 aliphatic carbocycles. The van der Waals surface area contributed by atoms with Gasteiger partial charge in [-0.05, 0) is 6.92 Å². The Hall–Kier alpha value is -2.22. The predicted octanol–water partition coefficient (Wildman–Crippen LogP) is 0.0976. The number of carbonyl (C=O) groups is 1. The van der Waals surface area contributed by atoms with Gasteiger partial charge in [0.1, 0.15) is 17.7 Å². The van der Waals surface area contributed by atoms with Crippen LogP contribution in [0.4, 0.5) is 0 Å². The highest BCUT2D eigenvalue weighted by molar-refractivity contribution is 5.88. The highest BCUT2D eigenvalue weighted by Crippen LogP contribution is 2.11. The van der Waals surface area contributed by atoms with Crippen molar-refractivity contribution >= 4 is 5.97 Å². The average Bonchev–Trinajstić information content (AvgIpc) is 2.92. The maximum atomic E-state index is 11.1. The Morgan fingerprint density at radius 1 is 1.53 bits per heavy atom. The van der Waals surface area contributed by atoms with E-state index in [2.05, 4.69) is 20.6 Å². The summed E-state index contributed by atoms with van der Waals surface area (Å²) < 4.78 is 3.37. The molecule has 8 heteroatoms. The highest BCUT2D eigenvalue weighted by Gasteiger charge is 2.17. The van der Waals surface area contributed by atoms with E-state index in [4.69, 9.17) is 5.11 Å². The SMILES string of the molecule is CC(NCc1c(C(=O)O)cnn1C)c1nncn1C. The van der Waals surface area contributed by atoms with Gasteiger partial charge in [0.15, 0.2) is 0 Å². The third-order valence-corrected chi connectivity index (χ3v) is 3.00. The van der Waals surface area contributed by atoms with Crippen molar-refractivity contribution in [2.45, 2.75) is 19.5 Å². The number of hydrogen-bond donors (Lipinski definition) is 2. The Morgan fingerprint density at radius 3 is 2.84 bits per heavy atom. The molecule has 1 unspecified atom stereocenters. The van der Waals surface area contributed by atoms with E-state index < -0.39 is 5.97 Å². The van der Waals surface area contributed by atoms with Gasteiger partial charge >= 0.3 is 5.97 Å². The molecule has 0 spiro atoms. The summed E-state index contributed by atoms with van der Waals surface area (Å²) in [5, 5.41) is 24.1. The van der Waals surface area contributed by atoms with E-state index in [1.807, 2.05) is 18.5 Å². The molecule has 0 saturated heterocycles. The maximum absolute atomic E-state index is 11.1. The summed E-state index contributed by atoms with van der Waals surface area (Å²) in [4.78, 5) is 11.1. The fraction of sp³-hybridized carbons (Fsp3) is 0.455. The second-order valence-electron chi connectivity index (χ2n) is 4.34. The number of nitrogens with one attached hydrogen (secondary N) is 1. The van der Waals surface area contributed by atoms with Gasteiger partial charge in [-0.25, -0.2) is 4.79 Å². The standard InChI is InChI=1S/C11H16N6O2/c1-7(10-15-13-6-16(10)2)12-5-9-8(11(18)19)4-14-17(9)3/h4,6-7,12H,5H2,1-3H3,(H,18,19). The third kappa shape index (κ3) is 2.63. The zero-order chi connectivity index (χ0) is 14.0. The Labute approximate surface area is 110 Å². The number of hydrogen-bond acceptors (Lipinski definition) is 5. The van der Waals surface area contributed by atoms with Crippen molar-refractivity contribution in [3.63, 3.8) is 0 Å². The van der Waals surface area contributed by atoms with Crippen molar-refractivity contribution in [1.82, 2.24) is 29.9 Å². The summed E-state index contributed by atoms with van der Waals surface area (Å²) in [6.45, 7) is 2.34. The highest BCUT2D eigenvalue weighted by atomic mass is 16.4. The van der Waals surface area contributed by atoms with Gasteiger partial charge in [-0.2, -0.15) is 5.10 Å². The zero-order valence-corrected chi connectivity index (χ0v) is 11.0. The summed E-state index contributed by atoms with van der Waals surface area (Å²) in [5.74, 6) is -0.185. The maximum Gasteiger partial charge on any atom is 0.339 e. The minimum Gasteiger partial charge on any atom is -0.478 e. The zero-order valence-electron chi connectivity index (χ0n) is 11.0. The first kappa shape index (κ1) is 13.2. The summed E-state index contributed by atoms with van der Waals surface area (Å²) in [5.41, 5.74) is 0.835. The number of carboxylic acid groups (broad SMARTS) is 1. The lowest BCUT2D eigenvalue weighted by Gasteiger charge is -2.13. The predicted molar refractivity (Wildman–Crippen MR) is 66.4 cm³/mol. The molecule has 2 rings (SSSR count). The fourth-order valence-corrected chi connectivity index (χ4v) is 1.88. The number of aromatic nitrogens is 5. The number of aryl methyl sites for hydroxylation is 2. The van der Waals surface area contributed by atoms with Crippen LogP contribution in [-0.2, 0) is 20.6 Å². The van der Waals surface area contributed by atoms with Gasteiger partial charge in [-0.1, -0.05) is 0 Å². The molecule has 0 amide bonds. The van der Waals surface area contributed by atoms with E-state index >= 15 is 0 Å². The van der Waals surface area contributed by atoms with Crippen LogP contribution in [-0.4, -0.2) is 35.6 Å². The largest absolute Gasteiger partial charge is 0.478 e. The normalized spacial score (nSPS) is 12.6. The molecule has 2 aromatic heterocycles. The molecule has 0 saturated carbocycles. The molecule has 0 aromatic carbocycles. The summed E-state index contributed by atoms with van der Waals surface area (Å²) in [7, 11) is 3.58. The molecule has 2 heterocycles. The van der Waals surface area contributed by atoms with E-state index in [0.29, 0.717) is 12.2 Å². The molecule has 2 N–H and O–H groups in total. The number of nitrogens with zero attached hydrogens (tertiary/aromatic N) is 5. The lowest BCUT2D eigenvalue weighted by atomic mass is 10.2. The Kier molecular flexibility index (Phi) is 3.61. The van der Waals surface area contributed by atoms with Crippen molar-refractivity contribution in [2.24, 2.45) is 14.1 Å². The number of rotatable bonds is 5. The average molecular weight is 264 g/mol. The monoisotopic (exact) mass is 264 g/mol. The van der Waals surface area contributed by atoms with Gasteiger partial charge in [0.2, 0.25) is 0 Å². The third-order valence-electron chi connectivity index (χ3n) is 3.00. The lowest BCUT2D eigenvalue weighted by Crippen LogP contribution is -2.23. The minimum absolute atomic E-state index is 0.0379. The first-order chi connectivity index (χ1) is 9.00. The Balaban J connectivity index is 2.09. The van der Waals surface area contributed by atoms with E-state index in [1.165, 1.54) is 6.20 Å². The van der Waals surface area contributed by atoms with Crippen molar-refractivity contribution in [3.05, 3.63) is 29.6 Å². The first-order valence-corrected chi connectivity index (χ1v) is 5.82. The van der Waals surface area contributed by atoms with Crippen molar-refractivity contribution in [1.29, 1.82) is 0 Å². The molecule has 0 bridgehead atoms. The molecule has 2 aromatic rings. The van der Waals surface area contributed by atoms with Gasteiger partial charge in [0, 0.05) is 20.6 Å². The molecular formula is C11H16N6O2. The molecule has 1 atom stereocenters. The summed E-state index contributed by atoms with van der Waals surface area (Å²) >= 11 is 0. The van der Waals surface area contributed by atoms with E-state index in [0.717, 1.165) is 5.82 Å². The van der Waals surface area contributed by atoms with Crippen molar-refractivity contribution in [2.75, 3.05) is 0 Å². The van der Waals surface area contributed by atoms with E-state index in [1.54, 1.807) is 18.1 Å². The molecule has 0 fully saturated rings. The van der Waals surface area contributed by atoms with Crippen LogP contribution in [0, 0.1) is 0 Å². The fourth-order valence-electron chi connectivity index (χ4n) is 1.88. The molecule has 0 aliphatic rings. The molecule has 0 radical (unpaired) electrons. The van der Waals surface area contributed by atoms with Gasteiger partial charge < -0.3 is 15.0 Å². The second-order valence-corrected chi connectivity index (χ2v) is 4.34. The lowest BCUT2D eigenvalue weighted by molar-refractivity contribution is 0.0695.